The highest BCUT2D eigenvalue weighted by molar-refractivity contribution is 5.95. The summed E-state index contributed by atoms with van der Waals surface area (Å²) in [6.45, 7) is 9.14. The van der Waals surface area contributed by atoms with E-state index in [1.54, 1.807) is 0 Å². The minimum absolute atomic E-state index is 0.0704. The van der Waals surface area contributed by atoms with Crippen LogP contribution in [0.5, 0.6) is 0 Å². The summed E-state index contributed by atoms with van der Waals surface area (Å²) in [6, 6.07) is 9.60. The van der Waals surface area contributed by atoms with Gasteiger partial charge < -0.3 is 9.64 Å². The van der Waals surface area contributed by atoms with Crippen LogP contribution in [-0.4, -0.2) is 35.4 Å². The van der Waals surface area contributed by atoms with Crippen LogP contribution in [0.4, 0.5) is 0 Å². The normalized spacial score (nSPS) is 22.4. The third-order valence-corrected chi connectivity index (χ3v) is 3.67. The molecule has 0 aromatic heterocycles. The van der Waals surface area contributed by atoms with E-state index in [1.165, 1.54) is 0 Å². The molecule has 2 atom stereocenters. The molecule has 1 heterocycles. The molecule has 21 heavy (non-hydrogen) atoms. The first-order valence-corrected chi connectivity index (χ1v) is 7.59. The first kappa shape index (κ1) is 15.5. The lowest BCUT2D eigenvalue weighted by atomic mass is 9.98. The summed E-state index contributed by atoms with van der Waals surface area (Å²) in [4.78, 5) is 18.9. The second-order valence-electron chi connectivity index (χ2n) is 5.72. The Kier molecular flexibility index (Phi) is 4.99. The van der Waals surface area contributed by atoms with Crippen LogP contribution in [0.25, 0.3) is 0 Å². The molecule has 1 aliphatic rings. The Morgan fingerprint density at radius 3 is 2.52 bits per heavy atom. The molecule has 4 nitrogen and oxygen atoms in total. The zero-order valence-electron chi connectivity index (χ0n) is 13.2. The summed E-state index contributed by atoms with van der Waals surface area (Å²) in [5.41, 5.74) is 1.13. The van der Waals surface area contributed by atoms with Crippen molar-refractivity contribution in [3.8, 4) is 0 Å². The molecule has 0 N–H and O–H groups in total. The van der Waals surface area contributed by atoms with Gasteiger partial charge in [-0.3, -0.25) is 4.79 Å². The van der Waals surface area contributed by atoms with Crippen LogP contribution in [0.15, 0.2) is 35.3 Å². The van der Waals surface area contributed by atoms with E-state index in [0.717, 1.165) is 5.56 Å². The Bertz CT molecular complexity index is 511. The standard InChI is InChI=1S/C17H24N2O2/c1-5-21-16-15(12(2)3)19(17(20)13(4)18-16)11-14-9-7-6-8-10-14/h6-10,12-13,15H,5,11H2,1-4H3/t13-,15+/m1/s1. The Labute approximate surface area is 126 Å². The van der Waals surface area contributed by atoms with Crippen molar-refractivity contribution in [2.24, 2.45) is 10.9 Å². The van der Waals surface area contributed by atoms with Gasteiger partial charge in [-0.1, -0.05) is 44.2 Å². The van der Waals surface area contributed by atoms with E-state index in [-0.39, 0.29) is 23.9 Å². The van der Waals surface area contributed by atoms with Crippen molar-refractivity contribution in [1.29, 1.82) is 0 Å². The van der Waals surface area contributed by atoms with E-state index in [0.29, 0.717) is 19.0 Å². The van der Waals surface area contributed by atoms with Crippen LogP contribution in [0.1, 0.15) is 33.3 Å². The lowest BCUT2D eigenvalue weighted by molar-refractivity contribution is -0.136. The molecule has 114 valence electrons. The van der Waals surface area contributed by atoms with Gasteiger partial charge in [-0.2, -0.15) is 0 Å². The van der Waals surface area contributed by atoms with Crippen molar-refractivity contribution in [3.05, 3.63) is 35.9 Å². The topological polar surface area (TPSA) is 41.9 Å². The van der Waals surface area contributed by atoms with Crippen LogP contribution in [0.3, 0.4) is 0 Å². The number of hydrogen-bond acceptors (Lipinski definition) is 3. The predicted octanol–water partition coefficient (Wildman–Crippen LogP) is 2.88. The third-order valence-electron chi connectivity index (χ3n) is 3.67. The number of amides is 1. The summed E-state index contributed by atoms with van der Waals surface area (Å²) in [5.74, 6) is 1.02. The fourth-order valence-electron chi connectivity index (χ4n) is 2.70. The molecule has 1 amide bonds. The fraction of sp³-hybridized carbons (Fsp3) is 0.529. The summed E-state index contributed by atoms with van der Waals surface area (Å²) in [5, 5.41) is 0. The zero-order chi connectivity index (χ0) is 15.4. The highest BCUT2D eigenvalue weighted by Gasteiger charge is 2.38. The van der Waals surface area contributed by atoms with Gasteiger partial charge >= 0.3 is 0 Å². The summed E-state index contributed by atoms with van der Waals surface area (Å²) in [7, 11) is 0. The fourth-order valence-corrected chi connectivity index (χ4v) is 2.70. The van der Waals surface area contributed by atoms with Crippen molar-refractivity contribution in [2.75, 3.05) is 6.61 Å². The highest BCUT2D eigenvalue weighted by atomic mass is 16.5. The molecular formula is C17H24N2O2. The van der Waals surface area contributed by atoms with Crippen molar-refractivity contribution in [2.45, 2.75) is 46.3 Å². The molecule has 2 rings (SSSR count). The van der Waals surface area contributed by atoms with Crippen molar-refractivity contribution < 1.29 is 9.53 Å². The molecule has 0 unspecified atom stereocenters. The van der Waals surface area contributed by atoms with E-state index < -0.39 is 0 Å². The maximum atomic E-state index is 12.6. The number of carbonyl (C=O) groups is 1. The van der Waals surface area contributed by atoms with Gasteiger partial charge in [0.2, 0.25) is 11.8 Å². The molecule has 0 fully saturated rings. The quantitative estimate of drug-likeness (QED) is 0.855. The summed E-state index contributed by atoms with van der Waals surface area (Å²) < 4.78 is 5.70. The number of ether oxygens (including phenoxy) is 1. The number of rotatable bonds is 4. The minimum atomic E-state index is -0.370. The number of hydrogen-bond donors (Lipinski definition) is 0. The average Bonchev–Trinajstić information content (AvgIpc) is 2.45. The van der Waals surface area contributed by atoms with Gasteiger partial charge in [-0.15, -0.1) is 0 Å². The SMILES string of the molecule is CCOC1=N[C@H](C)C(=O)N(Cc2ccccc2)[C@H]1C(C)C. The largest absolute Gasteiger partial charge is 0.480 e. The first-order valence-electron chi connectivity index (χ1n) is 7.59. The van der Waals surface area contributed by atoms with Gasteiger partial charge in [0.25, 0.3) is 0 Å². The van der Waals surface area contributed by atoms with Crippen LogP contribution in [0, 0.1) is 5.92 Å². The van der Waals surface area contributed by atoms with Crippen LogP contribution < -0.4 is 0 Å². The van der Waals surface area contributed by atoms with E-state index in [9.17, 15) is 4.79 Å². The molecule has 1 aromatic rings. The summed E-state index contributed by atoms with van der Waals surface area (Å²) in [6.07, 6.45) is 0. The van der Waals surface area contributed by atoms with Crippen molar-refractivity contribution in [3.63, 3.8) is 0 Å². The molecular weight excluding hydrogens is 264 g/mol. The van der Waals surface area contributed by atoms with E-state index >= 15 is 0 Å². The Balaban J connectivity index is 2.31. The van der Waals surface area contributed by atoms with Gasteiger partial charge in [0.05, 0.1) is 6.61 Å². The number of carbonyl (C=O) groups excluding carboxylic acids is 1. The smallest absolute Gasteiger partial charge is 0.248 e. The molecule has 4 heteroatoms. The van der Waals surface area contributed by atoms with Crippen molar-refractivity contribution >= 4 is 11.8 Å². The molecule has 0 radical (unpaired) electrons. The Morgan fingerprint density at radius 1 is 1.29 bits per heavy atom. The highest BCUT2D eigenvalue weighted by Crippen LogP contribution is 2.23. The zero-order valence-corrected chi connectivity index (χ0v) is 13.2. The molecule has 0 saturated heterocycles. The second-order valence-corrected chi connectivity index (χ2v) is 5.72. The van der Waals surface area contributed by atoms with Crippen LogP contribution >= 0.6 is 0 Å². The van der Waals surface area contributed by atoms with E-state index in [1.807, 2.05) is 49.1 Å². The molecule has 0 bridgehead atoms. The number of nitrogens with zero attached hydrogens (tertiary/aromatic N) is 2. The maximum Gasteiger partial charge on any atom is 0.248 e. The summed E-state index contributed by atoms with van der Waals surface area (Å²) >= 11 is 0. The Hall–Kier alpha value is -1.84. The van der Waals surface area contributed by atoms with Crippen molar-refractivity contribution in [1.82, 2.24) is 4.90 Å². The maximum absolute atomic E-state index is 12.6. The predicted molar refractivity (Wildman–Crippen MR) is 84.1 cm³/mol. The molecule has 0 saturated carbocycles. The first-order chi connectivity index (χ1) is 10.0. The lowest BCUT2D eigenvalue weighted by Gasteiger charge is -2.39. The molecule has 1 aromatic carbocycles. The minimum Gasteiger partial charge on any atom is -0.480 e. The van der Waals surface area contributed by atoms with Gasteiger partial charge in [0, 0.05) is 6.54 Å². The molecule has 0 aliphatic carbocycles. The number of aliphatic imine (C=N–C) groups is 1. The second kappa shape index (κ2) is 6.74. The molecule has 1 aliphatic heterocycles. The molecule has 0 spiro atoms. The monoisotopic (exact) mass is 288 g/mol. The third kappa shape index (κ3) is 3.43. The Morgan fingerprint density at radius 2 is 1.95 bits per heavy atom. The van der Waals surface area contributed by atoms with Crippen LogP contribution in [0.2, 0.25) is 0 Å². The lowest BCUT2D eigenvalue weighted by Crippen LogP contribution is -2.54. The van der Waals surface area contributed by atoms with Crippen LogP contribution in [-0.2, 0) is 16.1 Å². The van der Waals surface area contributed by atoms with Gasteiger partial charge in [-0.05, 0) is 25.3 Å². The van der Waals surface area contributed by atoms with E-state index in [4.69, 9.17) is 4.74 Å². The number of benzene rings is 1. The average molecular weight is 288 g/mol. The van der Waals surface area contributed by atoms with E-state index in [2.05, 4.69) is 18.8 Å². The van der Waals surface area contributed by atoms with Gasteiger partial charge in [-0.25, -0.2) is 4.99 Å². The van der Waals surface area contributed by atoms with Gasteiger partial charge in [0.1, 0.15) is 12.1 Å². The van der Waals surface area contributed by atoms with Gasteiger partial charge in [0.15, 0.2) is 0 Å².